The fraction of sp³-hybridized carbons (Fsp3) is 0.692. The molecule has 1 aromatic heterocycles. The molecule has 4 heteroatoms. The van der Waals surface area contributed by atoms with Crippen molar-refractivity contribution < 1.29 is 4.74 Å². The van der Waals surface area contributed by atoms with E-state index in [1.807, 2.05) is 13.0 Å². The van der Waals surface area contributed by atoms with Crippen molar-refractivity contribution in [3.05, 3.63) is 22.7 Å². The van der Waals surface area contributed by atoms with Gasteiger partial charge in [-0.05, 0) is 38.2 Å². The fourth-order valence-corrected chi connectivity index (χ4v) is 2.95. The first-order valence-corrected chi connectivity index (χ1v) is 6.77. The fourth-order valence-electron chi connectivity index (χ4n) is 2.80. The van der Waals surface area contributed by atoms with Crippen molar-refractivity contribution >= 4 is 12.2 Å². The third-order valence-corrected chi connectivity index (χ3v) is 3.72. The van der Waals surface area contributed by atoms with Crippen LogP contribution in [0.1, 0.15) is 45.4 Å². The van der Waals surface area contributed by atoms with Gasteiger partial charge >= 0.3 is 0 Å². The predicted octanol–water partition coefficient (Wildman–Crippen LogP) is 3.58. The number of aromatic amines is 1. The topological polar surface area (TPSA) is 37.9 Å². The van der Waals surface area contributed by atoms with Gasteiger partial charge in [-0.1, -0.05) is 25.6 Å². The highest BCUT2D eigenvalue weighted by Crippen LogP contribution is 2.41. The number of hydrogen-bond donors (Lipinski definition) is 1. The summed E-state index contributed by atoms with van der Waals surface area (Å²) in [5, 5.41) is 0. The Bertz CT molecular complexity index is 427. The summed E-state index contributed by atoms with van der Waals surface area (Å²) in [6, 6.07) is 1.81. The zero-order valence-corrected chi connectivity index (χ0v) is 11.3. The van der Waals surface area contributed by atoms with E-state index < -0.39 is 0 Å². The molecule has 0 aromatic carbocycles. The minimum atomic E-state index is -0.249. The minimum absolute atomic E-state index is 0.249. The largest absolute Gasteiger partial charge is 0.367 e. The zero-order valence-electron chi connectivity index (χ0n) is 10.5. The number of ether oxygens (including phenoxy) is 1. The quantitative estimate of drug-likeness (QED) is 0.836. The highest BCUT2D eigenvalue weighted by molar-refractivity contribution is 7.71. The van der Waals surface area contributed by atoms with Gasteiger partial charge in [-0.25, -0.2) is 4.98 Å². The molecule has 0 radical (unpaired) electrons. The van der Waals surface area contributed by atoms with E-state index in [2.05, 4.69) is 16.9 Å². The van der Waals surface area contributed by atoms with Crippen LogP contribution in [0.5, 0.6) is 0 Å². The summed E-state index contributed by atoms with van der Waals surface area (Å²) in [7, 11) is 0. The van der Waals surface area contributed by atoms with E-state index in [4.69, 9.17) is 17.0 Å². The number of nitrogens with one attached hydrogen (secondary N) is 1. The maximum absolute atomic E-state index is 6.04. The van der Waals surface area contributed by atoms with Crippen molar-refractivity contribution in [1.29, 1.82) is 0 Å². The van der Waals surface area contributed by atoms with Gasteiger partial charge in [-0.15, -0.1) is 0 Å². The highest BCUT2D eigenvalue weighted by atomic mass is 32.1. The van der Waals surface area contributed by atoms with Crippen LogP contribution < -0.4 is 0 Å². The van der Waals surface area contributed by atoms with Crippen LogP contribution in [0.4, 0.5) is 0 Å². The first-order chi connectivity index (χ1) is 8.16. The lowest BCUT2D eigenvalue weighted by Gasteiger charge is -2.38. The summed E-state index contributed by atoms with van der Waals surface area (Å²) in [6.07, 6.45) is 6.31. The molecule has 2 atom stereocenters. The van der Waals surface area contributed by atoms with Gasteiger partial charge in [0.1, 0.15) is 16.1 Å². The molecular weight excluding hydrogens is 232 g/mol. The number of H-pyrrole nitrogens is 1. The third kappa shape index (κ3) is 2.75. The maximum atomic E-state index is 6.04. The van der Waals surface area contributed by atoms with Gasteiger partial charge in [0.2, 0.25) is 0 Å². The van der Waals surface area contributed by atoms with Crippen LogP contribution in [0, 0.1) is 10.6 Å². The Hall–Kier alpha value is -0.740. The van der Waals surface area contributed by atoms with E-state index in [1.165, 1.54) is 12.8 Å². The Morgan fingerprint density at radius 3 is 3.12 bits per heavy atom. The summed E-state index contributed by atoms with van der Waals surface area (Å²) in [4.78, 5) is 7.64. The van der Waals surface area contributed by atoms with Crippen LogP contribution in [0.15, 0.2) is 12.3 Å². The molecule has 3 nitrogen and oxygen atoms in total. The summed E-state index contributed by atoms with van der Waals surface area (Å²) in [5.74, 6) is 1.58. The SMILES string of the molecule is CCOC1(c2nccc(=S)[nH]2)CCCC(C)C1. The lowest BCUT2D eigenvalue weighted by atomic mass is 9.78. The molecular formula is C13H20N2OS. The maximum Gasteiger partial charge on any atom is 0.139 e. The molecule has 2 unspecified atom stereocenters. The summed E-state index contributed by atoms with van der Waals surface area (Å²) in [6.45, 7) is 5.03. The summed E-state index contributed by atoms with van der Waals surface area (Å²) >= 11 is 5.18. The molecule has 1 saturated carbocycles. The molecule has 94 valence electrons. The van der Waals surface area contributed by atoms with Crippen LogP contribution >= 0.6 is 12.2 Å². The molecule has 0 saturated heterocycles. The van der Waals surface area contributed by atoms with Crippen molar-refractivity contribution in [2.45, 2.75) is 45.1 Å². The summed E-state index contributed by atoms with van der Waals surface area (Å²) < 4.78 is 6.77. The Balaban J connectivity index is 2.36. The van der Waals surface area contributed by atoms with Crippen molar-refractivity contribution in [3.63, 3.8) is 0 Å². The van der Waals surface area contributed by atoms with E-state index in [0.29, 0.717) is 12.5 Å². The van der Waals surface area contributed by atoms with Crippen LogP contribution in [0.2, 0.25) is 0 Å². The molecule has 1 aliphatic rings. The number of aromatic nitrogens is 2. The van der Waals surface area contributed by atoms with Crippen molar-refractivity contribution in [1.82, 2.24) is 9.97 Å². The molecule has 1 aliphatic carbocycles. The molecule has 1 N–H and O–H groups in total. The van der Waals surface area contributed by atoms with Gasteiger partial charge in [-0.2, -0.15) is 0 Å². The molecule has 17 heavy (non-hydrogen) atoms. The van der Waals surface area contributed by atoms with E-state index in [0.717, 1.165) is 23.3 Å². The normalized spacial score (nSPS) is 29.2. The molecule has 0 amide bonds. The monoisotopic (exact) mass is 252 g/mol. The van der Waals surface area contributed by atoms with E-state index in [1.54, 1.807) is 6.20 Å². The van der Waals surface area contributed by atoms with E-state index in [-0.39, 0.29) is 5.60 Å². The van der Waals surface area contributed by atoms with Crippen LogP contribution in [-0.4, -0.2) is 16.6 Å². The molecule has 1 heterocycles. The Morgan fingerprint density at radius 1 is 1.65 bits per heavy atom. The number of rotatable bonds is 3. The van der Waals surface area contributed by atoms with Crippen LogP contribution in [-0.2, 0) is 10.3 Å². The predicted molar refractivity (Wildman–Crippen MR) is 70.4 cm³/mol. The molecule has 0 aliphatic heterocycles. The average Bonchev–Trinajstić information content (AvgIpc) is 2.29. The lowest BCUT2D eigenvalue weighted by Crippen LogP contribution is -2.37. The Kier molecular flexibility index (Phi) is 3.94. The highest BCUT2D eigenvalue weighted by Gasteiger charge is 2.39. The van der Waals surface area contributed by atoms with Crippen molar-refractivity contribution in [2.75, 3.05) is 6.61 Å². The van der Waals surface area contributed by atoms with Gasteiger partial charge in [0.15, 0.2) is 0 Å². The molecule has 2 rings (SSSR count). The van der Waals surface area contributed by atoms with Crippen LogP contribution in [0.3, 0.4) is 0 Å². The molecule has 1 fully saturated rings. The minimum Gasteiger partial charge on any atom is -0.367 e. The molecule has 0 bridgehead atoms. The molecule has 0 spiro atoms. The second-order valence-corrected chi connectivity index (χ2v) is 5.35. The van der Waals surface area contributed by atoms with Crippen molar-refractivity contribution in [2.24, 2.45) is 5.92 Å². The first-order valence-electron chi connectivity index (χ1n) is 6.36. The number of hydrogen-bond acceptors (Lipinski definition) is 3. The number of nitrogens with zero attached hydrogens (tertiary/aromatic N) is 1. The third-order valence-electron chi connectivity index (χ3n) is 3.48. The van der Waals surface area contributed by atoms with Gasteiger partial charge in [-0.3, -0.25) is 0 Å². The van der Waals surface area contributed by atoms with E-state index in [9.17, 15) is 0 Å². The van der Waals surface area contributed by atoms with Crippen molar-refractivity contribution in [3.8, 4) is 0 Å². The second-order valence-electron chi connectivity index (χ2n) is 4.91. The lowest BCUT2D eigenvalue weighted by molar-refractivity contribution is -0.0881. The summed E-state index contributed by atoms with van der Waals surface area (Å²) in [5.41, 5.74) is -0.249. The Labute approximate surface area is 108 Å². The first kappa shape index (κ1) is 12.7. The van der Waals surface area contributed by atoms with E-state index >= 15 is 0 Å². The smallest absolute Gasteiger partial charge is 0.139 e. The standard InChI is InChI=1S/C13H20N2OS/c1-3-16-13(7-4-5-10(2)9-13)12-14-8-6-11(17)15-12/h6,8,10H,3-5,7,9H2,1-2H3,(H,14,15,17). The Morgan fingerprint density at radius 2 is 2.47 bits per heavy atom. The zero-order chi connectivity index (χ0) is 12.3. The van der Waals surface area contributed by atoms with Gasteiger partial charge in [0.25, 0.3) is 0 Å². The van der Waals surface area contributed by atoms with Gasteiger partial charge in [0, 0.05) is 12.8 Å². The average molecular weight is 252 g/mol. The van der Waals surface area contributed by atoms with Gasteiger partial charge in [0.05, 0.1) is 0 Å². The molecule has 1 aromatic rings. The second kappa shape index (κ2) is 5.27. The van der Waals surface area contributed by atoms with Crippen LogP contribution in [0.25, 0.3) is 0 Å². The van der Waals surface area contributed by atoms with Gasteiger partial charge < -0.3 is 9.72 Å².